The van der Waals surface area contributed by atoms with Crippen molar-refractivity contribution in [2.45, 2.75) is 26.4 Å². The number of ether oxygens (including phenoxy) is 1. The lowest BCUT2D eigenvalue weighted by Crippen LogP contribution is -2.33. The van der Waals surface area contributed by atoms with Crippen LogP contribution in [-0.2, 0) is 0 Å². The van der Waals surface area contributed by atoms with Crippen molar-refractivity contribution in [2.75, 3.05) is 7.11 Å². The van der Waals surface area contributed by atoms with Crippen LogP contribution in [-0.4, -0.2) is 42.4 Å². The van der Waals surface area contributed by atoms with Crippen LogP contribution in [0.1, 0.15) is 42.8 Å². The standard InChI is InChI=1S/C21H21F2N7O2/c1-12(2)18(26-20(31)15-8-9-29(27-15)21(22)23)19-25-17-10-16(24-11-30(17)28-19)13-4-6-14(32-3)7-5-13/h4-12,18,21H,1-3H3,(H,26,31)/t18-/m0/s1. The summed E-state index contributed by atoms with van der Waals surface area (Å²) >= 11 is 0. The Morgan fingerprint density at radius 3 is 2.50 bits per heavy atom. The molecule has 0 fully saturated rings. The summed E-state index contributed by atoms with van der Waals surface area (Å²) in [6.45, 7) is 0.982. The Kier molecular flexibility index (Phi) is 5.80. The highest BCUT2D eigenvalue weighted by Gasteiger charge is 2.25. The van der Waals surface area contributed by atoms with Gasteiger partial charge in [-0.2, -0.15) is 13.9 Å². The second kappa shape index (κ2) is 8.69. The molecule has 1 aromatic carbocycles. The molecular weight excluding hydrogens is 420 g/mol. The predicted octanol–water partition coefficient (Wildman–Crippen LogP) is 3.52. The summed E-state index contributed by atoms with van der Waals surface area (Å²) < 4.78 is 32.6. The average Bonchev–Trinajstić information content (AvgIpc) is 3.44. The fraction of sp³-hybridized carbons (Fsp3) is 0.286. The molecule has 4 rings (SSSR count). The van der Waals surface area contributed by atoms with Crippen molar-refractivity contribution in [2.24, 2.45) is 5.92 Å². The molecule has 166 valence electrons. The SMILES string of the molecule is COc1ccc(-c2cc3nc([C@@H](NC(=O)c4ccn(C(F)F)n4)C(C)C)nn3cn2)cc1. The molecule has 9 nitrogen and oxygen atoms in total. The molecule has 0 bridgehead atoms. The van der Waals surface area contributed by atoms with E-state index in [0.717, 1.165) is 17.5 Å². The van der Waals surface area contributed by atoms with E-state index in [-0.39, 0.29) is 11.6 Å². The van der Waals surface area contributed by atoms with Crippen molar-refractivity contribution >= 4 is 11.6 Å². The van der Waals surface area contributed by atoms with Gasteiger partial charge in [0.2, 0.25) is 0 Å². The zero-order chi connectivity index (χ0) is 22.8. The molecule has 32 heavy (non-hydrogen) atoms. The highest BCUT2D eigenvalue weighted by Crippen LogP contribution is 2.23. The minimum Gasteiger partial charge on any atom is -0.497 e. The number of amides is 1. The first kappa shape index (κ1) is 21.3. The van der Waals surface area contributed by atoms with Crippen LogP contribution in [0.5, 0.6) is 5.75 Å². The largest absolute Gasteiger partial charge is 0.497 e. The Balaban J connectivity index is 1.59. The molecule has 0 saturated carbocycles. The molecule has 1 N–H and O–H groups in total. The van der Waals surface area contributed by atoms with Crippen LogP contribution in [0.3, 0.4) is 0 Å². The molecule has 0 radical (unpaired) electrons. The van der Waals surface area contributed by atoms with Gasteiger partial charge in [-0.1, -0.05) is 13.8 Å². The highest BCUT2D eigenvalue weighted by atomic mass is 19.3. The Morgan fingerprint density at radius 1 is 1.12 bits per heavy atom. The van der Waals surface area contributed by atoms with Gasteiger partial charge in [-0.3, -0.25) is 4.79 Å². The maximum absolute atomic E-state index is 12.7. The number of nitrogens with one attached hydrogen (secondary N) is 1. The van der Waals surface area contributed by atoms with E-state index < -0.39 is 18.5 Å². The molecule has 3 aromatic heterocycles. The minimum atomic E-state index is -2.81. The van der Waals surface area contributed by atoms with Crippen LogP contribution in [0.2, 0.25) is 0 Å². The number of rotatable bonds is 7. The van der Waals surface area contributed by atoms with Crippen molar-refractivity contribution in [3.05, 3.63) is 60.4 Å². The molecule has 0 aliphatic rings. The van der Waals surface area contributed by atoms with Crippen molar-refractivity contribution in [1.29, 1.82) is 0 Å². The first-order valence-electron chi connectivity index (χ1n) is 9.86. The van der Waals surface area contributed by atoms with Gasteiger partial charge in [0.25, 0.3) is 5.91 Å². The van der Waals surface area contributed by atoms with Gasteiger partial charge in [-0.25, -0.2) is 19.2 Å². The maximum Gasteiger partial charge on any atom is 0.333 e. The van der Waals surface area contributed by atoms with Gasteiger partial charge < -0.3 is 10.1 Å². The van der Waals surface area contributed by atoms with Crippen molar-refractivity contribution in [3.8, 4) is 17.0 Å². The van der Waals surface area contributed by atoms with Gasteiger partial charge in [0.1, 0.15) is 17.8 Å². The molecule has 11 heteroatoms. The van der Waals surface area contributed by atoms with E-state index in [1.165, 1.54) is 10.6 Å². The van der Waals surface area contributed by atoms with E-state index in [1.54, 1.807) is 19.5 Å². The van der Waals surface area contributed by atoms with Gasteiger partial charge in [-0.05, 0) is 36.2 Å². The fourth-order valence-electron chi connectivity index (χ4n) is 3.18. The van der Waals surface area contributed by atoms with E-state index in [0.29, 0.717) is 21.8 Å². The van der Waals surface area contributed by atoms with Crippen LogP contribution in [0.25, 0.3) is 16.9 Å². The molecule has 1 atom stereocenters. The van der Waals surface area contributed by atoms with Crippen LogP contribution in [0.4, 0.5) is 8.78 Å². The van der Waals surface area contributed by atoms with Gasteiger partial charge in [0.15, 0.2) is 11.5 Å². The zero-order valence-corrected chi connectivity index (χ0v) is 17.6. The Hall–Kier alpha value is -3.89. The number of benzene rings is 1. The molecule has 0 unspecified atom stereocenters. The van der Waals surface area contributed by atoms with Gasteiger partial charge >= 0.3 is 6.55 Å². The Morgan fingerprint density at radius 2 is 1.88 bits per heavy atom. The predicted molar refractivity (Wildman–Crippen MR) is 111 cm³/mol. The van der Waals surface area contributed by atoms with Crippen molar-refractivity contribution in [1.82, 2.24) is 34.7 Å². The number of alkyl halides is 2. The number of fused-ring (bicyclic) bond motifs is 1. The average molecular weight is 441 g/mol. The minimum absolute atomic E-state index is 0.0671. The molecule has 3 heterocycles. The quantitative estimate of drug-likeness (QED) is 0.471. The molecule has 0 saturated heterocycles. The van der Waals surface area contributed by atoms with Crippen molar-refractivity contribution in [3.63, 3.8) is 0 Å². The van der Waals surface area contributed by atoms with Crippen LogP contribution in [0.15, 0.2) is 48.9 Å². The number of hydrogen-bond donors (Lipinski definition) is 1. The third-order valence-corrected chi connectivity index (χ3v) is 4.90. The summed E-state index contributed by atoms with van der Waals surface area (Å²) in [6, 6.07) is 9.95. The lowest BCUT2D eigenvalue weighted by atomic mass is 10.0. The number of nitrogens with zero attached hydrogens (tertiary/aromatic N) is 6. The summed E-state index contributed by atoms with van der Waals surface area (Å²) in [6.07, 6.45) is 2.61. The monoisotopic (exact) mass is 441 g/mol. The number of halogens is 2. The molecule has 0 spiro atoms. The summed E-state index contributed by atoms with van der Waals surface area (Å²) in [5.74, 6) is 0.477. The van der Waals surface area contributed by atoms with Crippen molar-refractivity contribution < 1.29 is 18.3 Å². The number of carbonyl (C=O) groups is 1. The number of carbonyl (C=O) groups excluding carboxylic acids is 1. The van der Waals surface area contributed by atoms with E-state index in [1.807, 2.05) is 38.1 Å². The molecule has 0 aliphatic carbocycles. The second-order valence-corrected chi connectivity index (χ2v) is 7.43. The van der Waals surface area contributed by atoms with Gasteiger partial charge in [0, 0.05) is 17.8 Å². The van der Waals surface area contributed by atoms with Gasteiger partial charge in [-0.15, -0.1) is 5.10 Å². The van der Waals surface area contributed by atoms with E-state index in [2.05, 4.69) is 25.5 Å². The number of aromatic nitrogens is 6. The summed E-state index contributed by atoms with van der Waals surface area (Å²) in [7, 11) is 1.60. The van der Waals surface area contributed by atoms with Crippen LogP contribution >= 0.6 is 0 Å². The first-order chi connectivity index (χ1) is 15.4. The van der Waals surface area contributed by atoms with Crippen LogP contribution in [0, 0.1) is 5.92 Å². The summed E-state index contributed by atoms with van der Waals surface area (Å²) in [5, 5.41) is 10.8. The molecule has 0 aliphatic heterocycles. The lowest BCUT2D eigenvalue weighted by Gasteiger charge is -2.18. The smallest absolute Gasteiger partial charge is 0.333 e. The molecular formula is C21H21F2N7O2. The molecule has 4 aromatic rings. The summed E-state index contributed by atoms with van der Waals surface area (Å²) in [4.78, 5) is 21.5. The number of methoxy groups -OCH3 is 1. The second-order valence-electron chi connectivity index (χ2n) is 7.43. The third kappa shape index (κ3) is 4.27. The Bertz CT molecular complexity index is 1230. The number of hydrogen-bond acceptors (Lipinski definition) is 6. The maximum atomic E-state index is 12.7. The normalized spacial score (nSPS) is 12.5. The molecule has 1 amide bonds. The highest BCUT2D eigenvalue weighted by molar-refractivity contribution is 5.92. The topological polar surface area (TPSA) is 99.2 Å². The van der Waals surface area contributed by atoms with E-state index in [4.69, 9.17) is 4.74 Å². The van der Waals surface area contributed by atoms with Crippen LogP contribution < -0.4 is 10.1 Å². The lowest BCUT2D eigenvalue weighted by molar-refractivity contribution is 0.0559. The third-order valence-electron chi connectivity index (χ3n) is 4.90. The van der Waals surface area contributed by atoms with E-state index in [9.17, 15) is 13.6 Å². The van der Waals surface area contributed by atoms with Gasteiger partial charge in [0.05, 0.1) is 18.8 Å². The zero-order valence-electron chi connectivity index (χ0n) is 17.6. The van der Waals surface area contributed by atoms with E-state index >= 15 is 0 Å². The fourth-order valence-corrected chi connectivity index (χ4v) is 3.18. The first-order valence-corrected chi connectivity index (χ1v) is 9.86. The Labute approximate surface area is 182 Å². The summed E-state index contributed by atoms with van der Waals surface area (Å²) in [5.41, 5.74) is 2.05.